The minimum atomic E-state index is 0.662. The number of rotatable bonds is 3. The Bertz CT molecular complexity index is 647. The van der Waals surface area contributed by atoms with Gasteiger partial charge >= 0.3 is 0 Å². The highest BCUT2D eigenvalue weighted by atomic mass is 79.9. The quantitative estimate of drug-likeness (QED) is 0.609. The summed E-state index contributed by atoms with van der Waals surface area (Å²) in [5.74, 6) is 0. The van der Waals surface area contributed by atoms with Crippen LogP contribution in [0.15, 0.2) is 53.0 Å². The molecule has 0 radical (unpaired) electrons. The molecule has 0 fully saturated rings. The average Bonchev–Trinajstić information content (AvgIpc) is 2.46. The number of nitriles is 1. The minimum Gasteiger partial charge on any atom is -0.378 e. The smallest absolute Gasteiger partial charge is 0.0998 e. The van der Waals surface area contributed by atoms with Crippen molar-refractivity contribution in [1.82, 2.24) is 0 Å². The Morgan fingerprint density at radius 1 is 1.05 bits per heavy atom. The monoisotopic (exact) mass is 326 g/mol. The second-order valence-corrected chi connectivity index (χ2v) is 5.58. The molecule has 0 unspecified atom stereocenters. The number of hydrogen-bond acceptors (Lipinski definition) is 2. The van der Waals surface area contributed by atoms with Gasteiger partial charge in [0.25, 0.3) is 0 Å². The Labute approximate surface area is 128 Å². The van der Waals surface area contributed by atoms with Crippen molar-refractivity contribution < 1.29 is 0 Å². The summed E-state index contributed by atoms with van der Waals surface area (Å²) in [4.78, 5) is 2.05. The van der Waals surface area contributed by atoms with E-state index >= 15 is 0 Å². The molecule has 0 aliphatic carbocycles. The van der Waals surface area contributed by atoms with Crippen molar-refractivity contribution in [2.75, 3.05) is 19.0 Å². The van der Waals surface area contributed by atoms with Crippen molar-refractivity contribution in [2.24, 2.45) is 0 Å². The summed E-state index contributed by atoms with van der Waals surface area (Å²) in [6.07, 6.45) is 1.91. The highest BCUT2D eigenvalue weighted by Crippen LogP contribution is 2.21. The maximum atomic E-state index is 9.31. The molecule has 2 aromatic rings. The van der Waals surface area contributed by atoms with Crippen LogP contribution in [0.2, 0.25) is 0 Å². The molecule has 0 heterocycles. The Balaban J connectivity index is 2.31. The lowest BCUT2D eigenvalue weighted by Gasteiger charge is -2.11. The molecule has 0 saturated heterocycles. The van der Waals surface area contributed by atoms with Crippen LogP contribution in [0.4, 0.5) is 5.69 Å². The van der Waals surface area contributed by atoms with Gasteiger partial charge < -0.3 is 4.90 Å². The van der Waals surface area contributed by atoms with Crippen LogP contribution in [0.1, 0.15) is 11.1 Å². The van der Waals surface area contributed by atoms with Gasteiger partial charge in [-0.15, -0.1) is 0 Å². The molecular formula is C17H15BrN2. The maximum Gasteiger partial charge on any atom is 0.0998 e. The van der Waals surface area contributed by atoms with Crippen LogP contribution < -0.4 is 4.90 Å². The molecule has 3 heteroatoms. The summed E-state index contributed by atoms with van der Waals surface area (Å²) in [5, 5.41) is 9.31. The summed E-state index contributed by atoms with van der Waals surface area (Å²) in [5.41, 5.74) is 3.75. The molecule has 0 saturated carbocycles. The zero-order chi connectivity index (χ0) is 14.5. The molecule has 20 heavy (non-hydrogen) atoms. The fourth-order valence-corrected chi connectivity index (χ4v) is 2.11. The zero-order valence-electron chi connectivity index (χ0n) is 11.5. The first-order valence-electron chi connectivity index (χ1n) is 6.25. The van der Waals surface area contributed by atoms with Gasteiger partial charge in [-0.2, -0.15) is 5.26 Å². The molecule has 0 aromatic heterocycles. The first kappa shape index (κ1) is 14.4. The van der Waals surface area contributed by atoms with E-state index in [1.54, 1.807) is 0 Å². The number of halogens is 1. The van der Waals surface area contributed by atoms with E-state index in [2.05, 4.69) is 22.0 Å². The molecule has 0 aliphatic rings. The van der Waals surface area contributed by atoms with Crippen molar-refractivity contribution in [2.45, 2.75) is 0 Å². The SMILES string of the molecule is CN(C)c1ccc(/C=C(\C#N)c2ccc(Br)cc2)cc1. The molecular weight excluding hydrogens is 312 g/mol. The van der Waals surface area contributed by atoms with Crippen LogP contribution in [0.3, 0.4) is 0 Å². The molecule has 100 valence electrons. The van der Waals surface area contributed by atoms with Gasteiger partial charge in [-0.05, 0) is 41.5 Å². The summed E-state index contributed by atoms with van der Waals surface area (Å²) in [6.45, 7) is 0. The molecule has 2 rings (SSSR count). The van der Waals surface area contributed by atoms with Gasteiger partial charge in [0.1, 0.15) is 0 Å². The van der Waals surface area contributed by atoms with Gasteiger partial charge in [0.05, 0.1) is 11.6 Å². The third-order valence-corrected chi connectivity index (χ3v) is 3.52. The van der Waals surface area contributed by atoms with Crippen molar-refractivity contribution in [3.63, 3.8) is 0 Å². The van der Waals surface area contributed by atoms with Gasteiger partial charge in [-0.3, -0.25) is 0 Å². The second-order valence-electron chi connectivity index (χ2n) is 4.66. The third kappa shape index (κ3) is 3.49. The van der Waals surface area contributed by atoms with Crippen LogP contribution in [-0.2, 0) is 0 Å². The number of hydrogen-bond donors (Lipinski definition) is 0. The number of nitrogens with zero attached hydrogens (tertiary/aromatic N) is 2. The van der Waals surface area contributed by atoms with E-state index in [1.165, 1.54) is 0 Å². The van der Waals surface area contributed by atoms with Gasteiger partial charge in [0.15, 0.2) is 0 Å². The summed E-state index contributed by atoms with van der Waals surface area (Å²) < 4.78 is 1.01. The second kappa shape index (κ2) is 6.40. The predicted octanol–water partition coefficient (Wildman–Crippen LogP) is 4.58. The van der Waals surface area contributed by atoms with Crippen molar-refractivity contribution in [3.8, 4) is 6.07 Å². The molecule has 2 aromatic carbocycles. The minimum absolute atomic E-state index is 0.662. The molecule has 0 bridgehead atoms. The summed E-state index contributed by atoms with van der Waals surface area (Å²) in [6, 6.07) is 18.1. The van der Waals surface area contributed by atoms with Crippen LogP contribution in [0.25, 0.3) is 11.6 Å². The number of anilines is 1. The van der Waals surface area contributed by atoms with E-state index in [-0.39, 0.29) is 0 Å². The van der Waals surface area contributed by atoms with Gasteiger partial charge in [0.2, 0.25) is 0 Å². The van der Waals surface area contributed by atoms with Crippen molar-refractivity contribution >= 4 is 33.3 Å². The normalized spacial score (nSPS) is 11.0. The maximum absolute atomic E-state index is 9.31. The molecule has 0 amide bonds. The fraction of sp³-hybridized carbons (Fsp3) is 0.118. The van der Waals surface area contributed by atoms with Crippen LogP contribution in [0, 0.1) is 11.3 Å². The van der Waals surface area contributed by atoms with Gasteiger partial charge in [-0.25, -0.2) is 0 Å². The molecule has 0 aliphatic heterocycles. The Kier molecular flexibility index (Phi) is 4.60. The van der Waals surface area contributed by atoms with Crippen molar-refractivity contribution in [1.29, 1.82) is 5.26 Å². The standard InChI is InChI=1S/C17H15BrN2/c1-20(2)17-9-3-13(4-10-17)11-15(12-19)14-5-7-16(18)8-6-14/h3-11H,1-2H3/b15-11+. The summed E-state index contributed by atoms with van der Waals surface area (Å²) in [7, 11) is 4.01. The molecule has 2 nitrogen and oxygen atoms in total. The van der Waals surface area contributed by atoms with E-state index in [9.17, 15) is 5.26 Å². The Morgan fingerprint density at radius 2 is 1.65 bits per heavy atom. The largest absolute Gasteiger partial charge is 0.378 e. The van der Waals surface area contributed by atoms with Gasteiger partial charge in [-0.1, -0.05) is 40.2 Å². The highest BCUT2D eigenvalue weighted by molar-refractivity contribution is 9.10. The zero-order valence-corrected chi connectivity index (χ0v) is 13.1. The van der Waals surface area contributed by atoms with Crippen LogP contribution >= 0.6 is 15.9 Å². The van der Waals surface area contributed by atoms with E-state index < -0.39 is 0 Å². The predicted molar refractivity (Wildman–Crippen MR) is 88.4 cm³/mol. The lowest BCUT2D eigenvalue weighted by Crippen LogP contribution is -2.07. The highest BCUT2D eigenvalue weighted by Gasteiger charge is 2.01. The fourth-order valence-electron chi connectivity index (χ4n) is 1.84. The van der Waals surface area contributed by atoms with E-state index in [0.717, 1.165) is 21.3 Å². The number of allylic oxidation sites excluding steroid dienone is 1. The Hall–Kier alpha value is -2.05. The topological polar surface area (TPSA) is 27.0 Å². The van der Waals surface area contributed by atoms with Crippen LogP contribution in [-0.4, -0.2) is 14.1 Å². The van der Waals surface area contributed by atoms with Crippen LogP contribution in [0.5, 0.6) is 0 Å². The van der Waals surface area contributed by atoms with Gasteiger partial charge in [0, 0.05) is 24.3 Å². The average molecular weight is 327 g/mol. The van der Waals surface area contributed by atoms with E-state index in [4.69, 9.17) is 0 Å². The summed E-state index contributed by atoms with van der Waals surface area (Å²) >= 11 is 3.40. The van der Waals surface area contributed by atoms with Crippen molar-refractivity contribution in [3.05, 3.63) is 64.1 Å². The first-order valence-corrected chi connectivity index (χ1v) is 7.04. The lowest BCUT2D eigenvalue weighted by atomic mass is 10.0. The van der Waals surface area contributed by atoms with E-state index in [1.807, 2.05) is 73.6 Å². The molecule has 0 atom stereocenters. The molecule has 0 spiro atoms. The van der Waals surface area contributed by atoms with E-state index in [0.29, 0.717) is 5.57 Å². The molecule has 0 N–H and O–H groups in total. The Morgan fingerprint density at radius 3 is 2.15 bits per heavy atom. The lowest BCUT2D eigenvalue weighted by molar-refractivity contribution is 1.13. The number of benzene rings is 2. The first-order chi connectivity index (χ1) is 9.60. The third-order valence-electron chi connectivity index (χ3n) is 3.00.